The van der Waals surface area contributed by atoms with Crippen LogP contribution in [0.15, 0.2) is 29.1 Å². The van der Waals surface area contributed by atoms with Gasteiger partial charge in [0, 0.05) is 17.7 Å². The van der Waals surface area contributed by atoms with Gasteiger partial charge in [-0.15, -0.1) is 5.10 Å². The lowest BCUT2D eigenvalue weighted by Gasteiger charge is -2.29. The number of rotatable bonds is 7. The quantitative estimate of drug-likeness (QED) is 0.660. The van der Waals surface area contributed by atoms with Crippen LogP contribution in [0.5, 0.6) is 0 Å². The summed E-state index contributed by atoms with van der Waals surface area (Å²) in [4.78, 5) is 18.3. The first-order valence-electron chi connectivity index (χ1n) is 10.4. The lowest BCUT2D eigenvalue weighted by Crippen LogP contribution is -2.35. The van der Waals surface area contributed by atoms with Crippen molar-refractivity contribution in [3.63, 3.8) is 0 Å². The zero-order valence-electron chi connectivity index (χ0n) is 17.3. The van der Waals surface area contributed by atoms with Gasteiger partial charge in [0.05, 0.1) is 12.6 Å². The summed E-state index contributed by atoms with van der Waals surface area (Å²) >= 11 is 0. The van der Waals surface area contributed by atoms with E-state index in [0.29, 0.717) is 17.9 Å². The Morgan fingerprint density at radius 3 is 2.86 bits per heavy atom. The van der Waals surface area contributed by atoms with Gasteiger partial charge in [-0.05, 0) is 66.9 Å². The third kappa shape index (κ3) is 3.95. The Labute approximate surface area is 169 Å². The molecule has 0 amide bonds. The lowest BCUT2D eigenvalue weighted by molar-refractivity contribution is 0.0910. The summed E-state index contributed by atoms with van der Waals surface area (Å²) in [5.41, 5.74) is 2.54. The molecule has 3 heterocycles. The van der Waals surface area contributed by atoms with Gasteiger partial charge < -0.3 is 9.72 Å². The van der Waals surface area contributed by atoms with Crippen LogP contribution in [0.25, 0.3) is 10.9 Å². The lowest BCUT2D eigenvalue weighted by atomic mass is 10.0. The predicted molar refractivity (Wildman–Crippen MR) is 111 cm³/mol. The van der Waals surface area contributed by atoms with Gasteiger partial charge >= 0.3 is 0 Å². The van der Waals surface area contributed by atoms with Crippen LogP contribution < -0.4 is 5.56 Å². The maximum Gasteiger partial charge on any atom is 0.253 e. The molecule has 2 aromatic heterocycles. The minimum atomic E-state index is -0.324. The van der Waals surface area contributed by atoms with E-state index in [1.807, 2.05) is 25.1 Å². The van der Waals surface area contributed by atoms with Crippen molar-refractivity contribution in [2.75, 3.05) is 19.7 Å². The maximum absolute atomic E-state index is 13.1. The van der Waals surface area contributed by atoms with Crippen LogP contribution in [0.2, 0.25) is 0 Å². The van der Waals surface area contributed by atoms with Gasteiger partial charge in [-0.25, -0.2) is 4.68 Å². The van der Waals surface area contributed by atoms with Crippen LogP contribution >= 0.6 is 0 Å². The topological polar surface area (TPSA) is 88.9 Å². The number of H-pyrrole nitrogens is 1. The number of nitrogens with one attached hydrogen (secondary N) is 1. The second kappa shape index (κ2) is 8.42. The Hall–Kier alpha value is -2.58. The third-order valence-electron chi connectivity index (χ3n) is 5.71. The van der Waals surface area contributed by atoms with E-state index < -0.39 is 0 Å². The van der Waals surface area contributed by atoms with E-state index >= 15 is 0 Å². The first-order valence-corrected chi connectivity index (χ1v) is 10.4. The number of nitrogens with zero attached hydrogens (tertiary/aromatic N) is 5. The van der Waals surface area contributed by atoms with E-state index in [4.69, 9.17) is 4.74 Å². The Kier molecular flexibility index (Phi) is 5.73. The van der Waals surface area contributed by atoms with Crippen molar-refractivity contribution in [1.82, 2.24) is 30.1 Å². The van der Waals surface area contributed by atoms with E-state index in [2.05, 4.69) is 45.3 Å². The second-order valence-corrected chi connectivity index (χ2v) is 7.62. The van der Waals surface area contributed by atoms with Gasteiger partial charge in [-0.3, -0.25) is 9.69 Å². The molecule has 154 valence electrons. The predicted octanol–water partition coefficient (Wildman–Crippen LogP) is 2.43. The zero-order chi connectivity index (χ0) is 20.4. The van der Waals surface area contributed by atoms with Crippen LogP contribution in [0, 0.1) is 6.92 Å². The highest BCUT2D eigenvalue weighted by molar-refractivity contribution is 5.79. The SMILES string of the molecule is CCN(CC)[C@@H](c1cc2cc(C)ccc2[nH]c1=O)c1nnnn1C[C@H]1CCCO1. The molecule has 1 saturated heterocycles. The monoisotopic (exact) mass is 396 g/mol. The molecule has 0 bridgehead atoms. The first kappa shape index (κ1) is 19.7. The number of benzene rings is 1. The maximum atomic E-state index is 13.1. The molecular weight excluding hydrogens is 368 g/mol. The highest BCUT2D eigenvalue weighted by atomic mass is 16.5. The Morgan fingerprint density at radius 2 is 2.14 bits per heavy atom. The van der Waals surface area contributed by atoms with E-state index in [0.717, 1.165) is 49.0 Å². The Balaban J connectivity index is 1.81. The molecule has 0 saturated carbocycles. The highest BCUT2D eigenvalue weighted by Gasteiger charge is 2.30. The van der Waals surface area contributed by atoms with Gasteiger partial charge in [-0.1, -0.05) is 25.5 Å². The number of aromatic nitrogens is 5. The number of fused-ring (bicyclic) bond motifs is 1. The fourth-order valence-electron chi connectivity index (χ4n) is 4.15. The molecule has 2 atom stereocenters. The summed E-state index contributed by atoms with van der Waals surface area (Å²) in [7, 11) is 0. The highest BCUT2D eigenvalue weighted by Crippen LogP contribution is 2.27. The van der Waals surface area contributed by atoms with E-state index in [1.165, 1.54) is 0 Å². The van der Waals surface area contributed by atoms with Crippen molar-refractivity contribution in [2.45, 2.75) is 52.3 Å². The first-order chi connectivity index (χ1) is 14.1. The van der Waals surface area contributed by atoms with Crippen LogP contribution in [-0.4, -0.2) is 55.9 Å². The minimum Gasteiger partial charge on any atom is -0.376 e. The summed E-state index contributed by atoms with van der Waals surface area (Å²) in [6.45, 7) is 9.16. The number of ether oxygens (including phenoxy) is 1. The number of tetrazole rings is 1. The molecule has 8 heteroatoms. The summed E-state index contributed by atoms with van der Waals surface area (Å²) in [6.07, 6.45) is 2.18. The van der Waals surface area contributed by atoms with Crippen molar-refractivity contribution >= 4 is 10.9 Å². The van der Waals surface area contributed by atoms with Gasteiger partial charge in [0.2, 0.25) is 0 Å². The van der Waals surface area contributed by atoms with Crippen LogP contribution in [0.4, 0.5) is 0 Å². The molecule has 1 aliphatic rings. The van der Waals surface area contributed by atoms with Crippen molar-refractivity contribution < 1.29 is 4.74 Å². The van der Waals surface area contributed by atoms with E-state index in [9.17, 15) is 4.79 Å². The van der Waals surface area contributed by atoms with Crippen LogP contribution in [-0.2, 0) is 11.3 Å². The summed E-state index contributed by atoms with van der Waals surface area (Å²) in [5, 5.41) is 13.5. The normalized spacial score (nSPS) is 18.0. The molecule has 3 aromatic rings. The molecule has 8 nitrogen and oxygen atoms in total. The average Bonchev–Trinajstić information content (AvgIpc) is 3.39. The molecule has 1 aromatic carbocycles. The number of hydrogen-bond acceptors (Lipinski definition) is 6. The number of hydrogen-bond donors (Lipinski definition) is 1. The molecule has 1 fully saturated rings. The fourth-order valence-corrected chi connectivity index (χ4v) is 4.15. The third-order valence-corrected chi connectivity index (χ3v) is 5.71. The largest absolute Gasteiger partial charge is 0.376 e. The van der Waals surface area contributed by atoms with E-state index in [-0.39, 0.29) is 17.7 Å². The molecule has 4 rings (SSSR count). The molecule has 1 N–H and O–H groups in total. The van der Waals surface area contributed by atoms with Crippen molar-refractivity contribution in [3.05, 3.63) is 51.6 Å². The molecule has 1 aliphatic heterocycles. The molecule has 0 unspecified atom stereocenters. The van der Waals surface area contributed by atoms with Crippen molar-refractivity contribution in [3.8, 4) is 0 Å². The molecule has 29 heavy (non-hydrogen) atoms. The van der Waals surface area contributed by atoms with Crippen molar-refractivity contribution in [1.29, 1.82) is 0 Å². The van der Waals surface area contributed by atoms with Gasteiger partial charge in [-0.2, -0.15) is 0 Å². The van der Waals surface area contributed by atoms with E-state index in [1.54, 1.807) is 4.68 Å². The zero-order valence-corrected chi connectivity index (χ0v) is 17.3. The smallest absolute Gasteiger partial charge is 0.253 e. The number of pyridine rings is 1. The summed E-state index contributed by atoms with van der Waals surface area (Å²) < 4.78 is 7.58. The van der Waals surface area contributed by atoms with Crippen LogP contribution in [0.3, 0.4) is 0 Å². The number of aromatic amines is 1. The molecule has 0 radical (unpaired) electrons. The number of aryl methyl sites for hydroxylation is 1. The van der Waals surface area contributed by atoms with Crippen molar-refractivity contribution in [2.24, 2.45) is 0 Å². The Morgan fingerprint density at radius 1 is 1.31 bits per heavy atom. The fraction of sp³-hybridized carbons (Fsp3) is 0.524. The molecule has 0 spiro atoms. The minimum absolute atomic E-state index is 0.107. The van der Waals surface area contributed by atoms with Crippen LogP contribution in [0.1, 0.15) is 49.7 Å². The van der Waals surface area contributed by atoms with Gasteiger partial charge in [0.1, 0.15) is 6.04 Å². The summed E-state index contributed by atoms with van der Waals surface area (Å²) in [6, 6.07) is 7.69. The average molecular weight is 396 g/mol. The summed E-state index contributed by atoms with van der Waals surface area (Å²) in [5.74, 6) is 0.682. The van der Waals surface area contributed by atoms with Gasteiger partial charge in [0.25, 0.3) is 5.56 Å². The van der Waals surface area contributed by atoms with Gasteiger partial charge in [0.15, 0.2) is 5.82 Å². The molecular formula is C21H28N6O2. The standard InChI is InChI=1S/C21H28N6O2/c1-4-26(5-2)19(20-23-24-25-27(20)13-16-7-6-10-29-16)17-12-15-11-14(3)8-9-18(15)22-21(17)28/h8-9,11-12,16,19H,4-7,10,13H2,1-3H3,(H,22,28)/t16-,19+/m1/s1. The second-order valence-electron chi connectivity index (χ2n) is 7.62. The Bertz CT molecular complexity index is 1030. The molecule has 0 aliphatic carbocycles.